The van der Waals surface area contributed by atoms with E-state index in [2.05, 4.69) is 50.4 Å². The lowest BCUT2D eigenvalue weighted by Crippen LogP contribution is -2.61. The van der Waals surface area contributed by atoms with Crippen molar-refractivity contribution < 1.29 is 4.74 Å². The Morgan fingerprint density at radius 2 is 1.72 bits per heavy atom. The zero-order chi connectivity index (χ0) is 12.8. The van der Waals surface area contributed by atoms with E-state index in [1.165, 1.54) is 11.1 Å². The maximum absolute atomic E-state index is 6.60. The molecule has 1 aliphatic heterocycles. The Balaban J connectivity index is 1.86. The number of morpholine rings is 1. The zero-order valence-electron chi connectivity index (χ0n) is 11.6. The Morgan fingerprint density at radius 1 is 1.11 bits per heavy atom. The predicted molar refractivity (Wildman–Crippen MR) is 73.8 cm³/mol. The third-order valence-corrected chi connectivity index (χ3v) is 4.74. The summed E-state index contributed by atoms with van der Waals surface area (Å²) in [6.45, 7) is 8.69. The molecule has 2 nitrogen and oxygen atoms in total. The van der Waals surface area contributed by atoms with Gasteiger partial charge < -0.3 is 10.1 Å². The largest absolute Gasteiger partial charge is 0.365 e. The normalized spacial score (nSPS) is 29.8. The average molecular weight is 245 g/mol. The number of hydrogen-bond donors (Lipinski definition) is 1. The van der Waals surface area contributed by atoms with Crippen molar-refractivity contribution in [1.29, 1.82) is 0 Å². The van der Waals surface area contributed by atoms with E-state index < -0.39 is 0 Å². The van der Waals surface area contributed by atoms with Gasteiger partial charge in [0, 0.05) is 25.9 Å². The molecule has 0 radical (unpaired) electrons. The molecule has 2 aliphatic rings. The maximum Gasteiger partial charge on any atom is 0.0894 e. The highest BCUT2D eigenvalue weighted by Gasteiger charge is 2.47. The second-order valence-corrected chi connectivity index (χ2v) is 6.48. The molecule has 1 saturated heterocycles. The quantitative estimate of drug-likeness (QED) is 0.821. The summed E-state index contributed by atoms with van der Waals surface area (Å²) in [6, 6.07) is 8.76. The minimum Gasteiger partial charge on any atom is -0.365 e. The number of benzene rings is 1. The van der Waals surface area contributed by atoms with Crippen LogP contribution in [0, 0.1) is 5.92 Å². The van der Waals surface area contributed by atoms with Crippen molar-refractivity contribution in [3.8, 4) is 0 Å². The monoisotopic (exact) mass is 245 g/mol. The van der Waals surface area contributed by atoms with Crippen molar-refractivity contribution in [1.82, 2.24) is 5.32 Å². The van der Waals surface area contributed by atoms with Gasteiger partial charge in [-0.25, -0.2) is 0 Å². The third kappa shape index (κ3) is 1.88. The molecule has 1 heterocycles. The van der Waals surface area contributed by atoms with Crippen LogP contribution < -0.4 is 5.32 Å². The molecule has 2 heteroatoms. The smallest absolute Gasteiger partial charge is 0.0894 e. The van der Waals surface area contributed by atoms with Gasteiger partial charge >= 0.3 is 0 Å². The van der Waals surface area contributed by atoms with Crippen LogP contribution in [0.4, 0.5) is 0 Å². The van der Waals surface area contributed by atoms with E-state index in [0.29, 0.717) is 5.92 Å². The Bertz CT molecular complexity index is 429. The molecule has 1 atom stereocenters. The summed E-state index contributed by atoms with van der Waals surface area (Å²) in [5.41, 5.74) is 2.88. The van der Waals surface area contributed by atoms with Gasteiger partial charge in [-0.3, -0.25) is 0 Å². The molecule has 1 spiro atoms. The Hall–Kier alpha value is -0.860. The summed E-state index contributed by atoms with van der Waals surface area (Å²) >= 11 is 0. The van der Waals surface area contributed by atoms with Crippen LogP contribution in [-0.2, 0) is 17.6 Å². The third-order valence-electron chi connectivity index (χ3n) is 4.74. The van der Waals surface area contributed by atoms with Crippen molar-refractivity contribution in [2.45, 2.75) is 44.8 Å². The molecule has 1 fully saturated rings. The SMILES string of the molecule is CC(C)C1(C)CNCC2(Cc3ccccc3C2)O1. The summed E-state index contributed by atoms with van der Waals surface area (Å²) in [5, 5.41) is 3.60. The molecule has 1 N–H and O–H groups in total. The Labute approximate surface area is 110 Å². The van der Waals surface area contributed by atoms with E-state index in [9.17, 15) is 0 Å². The molecule has 1 aromatic rings. The van der Waals surface area contributed by atoms with E-state index >= 15 is 0 Å². The molecule has 98 valence electrons. The minimum absolute atomic E-state index is 0.0129. The molecular formula is C16H23NO. The van der Waals surface area contributed by atoms with Crippen LogP contribution in [0.5, 0.6) is 0 Å². The van der Waals surface area contributed by atoms with Gasteiger partial charge in [-0.2, -0.15) is 0 Å². The van der Waals surface area contributed by atoms with Gasteiger partial charge in [-0.1, -0.05) is 38.1 Å². The van der Waals surface area contributed by atoms with Crippen molar-refractivity contribution in [2.75, 3.05) is 13.1 Å². The molecule has 0 bridgehead atoms. The Morgan fingerprint density at radius 3 is 2.28 bits per heavy atom. The summed E-state index contributed by atoms with van der Waals surface area (Å²) in [7, 11) is 0. The van der Waals surface area contributed by atoms with Gasteiger partial charge in [0.15, 0.2) is 0 Å². The van der Waals surface area contributed by atoms with E-state index in [-0.39, 0.29) is 11.2 Å². The topological polar surface area (TPSA) is 21.3 Å². The number of hydrogen-bond acceptors (Lipinski definition) is 2. The second kappa shape index (κ2) is 4.07. The number of fused-ring (bicyclic) bond motifs is 1. The standard InChI is InChI=1S/C16H23NO/c1-12(2)15(3)10-17-11-16(18-15)8-13-6-4-5-7-14(13)9-16/h4-7,12,17H,8-11H2,1-3H3. The van der Waals surface area contributed by atoms with Gasteiger partial charge in [0.2, 0.25) is 0 Å². The van der Waals surface area contributed by atoms with Crippen molar-refractivity contribution >= 4 is 0 Å². The lowest BCUT2D eigenvalue weighted by Gasteiger charge is -2.47. The minimum atomic E-state index is -0.0414. The van der Waals surface area contributed by atoms with Crippen LogP contribution in [0.15, 0.2) is 24.3 Å². The van der Waals surface area contributed by atoms with Gasteiger partial charge in [-0.05, 0) is 24.0 Å². The molecule has 3 rings (SSSR count). The molecule has 1 unspecified atom stereocenters. The predicted octanol–water partition coefficient (Wildman–Crippen LogP) is 2.56. The van der Waals surface area contributed by atoms with Crippen molar-refractivity contribution in [2.24, 2.45) is 5.92 Å². The van der Waals surface area contributed by atoms with E-state index in [0.717, 1.165) is 25.9 Å². The van der Waals surface area contributed by atoms with Crippen LogP contribution >= 0.6 is 0 Å². The molecule has 18 heavy (non-hydrogen) atoms. The van der Waals surface area contributed by atoms with Gasteiger partial charge in [-0.15, -0.1) is 0 Å². The van der Waals surface area contributed by atoms with Gasteiger partial charge in [0.25, 0.3) is 0 Å². The zero-order valence-corrected chi connectivity index (χ0v) is 11.6. The van der Waals surface area contributed by atoms with E-state index in [4.69, 9.17) is 4.74 Å². The highest BCUT2D eigenvalue weighted by Crippen LogP contribution is 2.39. The van der Waals surface area contributed by atoms with Crippen LogP contribution in [-0.4, -0.2) is 24.3 Å². The number of nitrogens with one attached hydrogen (secondary N) is 1. The highest BCUT2D eigenvalue weighted by atomic mass is 16.5. The summed E-state index contributed by atoms with van der Waals surface area (Å²) in [4.78, 5) is 0. The first kappa shape index (κ1) is 12.2. The maximum atomic E-state index is 6.60. The van der Waals surface area contributed by atoms with Crippen molar-refractivity contribution in [3.63, 3.8) is 0 Å². The van der Waals surface area contributed by atoms with Crippen molar-refractivity contribution in [3.05, 3.63) is 35.4 Å². The fourth-order valence-electron chi connectivity index (χ4n) is 3.28. The lowest BCUT2D eigenvalue weighted by molar-refractivity contribution is -0.184. The molecule has 0 aromatic heterocycles. The van der Waals surface area contributed by atoms with Crippen LogP contribution in [0.2, 0.25) is 0 Å². The van der Waals surface area contributed by atoms with Crippen LogP contribution in [0.3, 0.4) is 0 Å². The van der Waals surface area contributed by atoms with Crippen LogP contribution in [0.1, 0.15) is 31.9 Å². The fourth-order valence-corrected chi connectivity index (χ4v) is 3.28. The van der Waals surface area contributed by atoms with E-state index in [1.54, 1.807) is 0 Å². The number of ether oxygens (including phenoxy) is 1. The first-order valence-corrected chi connectivity index (χ1v) is 7.01. The molecule has 0 saturated carbocycles. The molecule has 1 aromatic carbocycles. The first-order valence-electron chi connectivity index (χ1n) is 7.01. The second-order valence-electron chi connectivity index (χ2n) is 6.48. The lowest BCUT2D eigenvalue weighted by atomic mass is 9.86. The van der Waals surface area contributed by atoms with E-state index in [1.807, 2.05) is 0 Å². The first-order chi connectivity index (χ1) is 8.53. The summed E-state index contributed by atoms with van der Waals surface area (Å²) in [6.07, 6.45) is 2.11. The average Bonchev–Trinajstić information content (AvgIpc) is 2.65. The molecule has 0 amide bonds. The molecule has 1 aliphatic carbocycles. The summed E-state index contributed by atoms with van der Waals surface area (Å²) < 4.78 is 6.60. The van der Waals surface area contributed by atoms with Gasteiger partial charge in [0.1, 0.15) is 0 Å². The fraction of sp³-hybridized carbons (Fsp3) is 0.625. The van der Waals surface area contributed by atoms with Crippen LogP contribution in [0.25, 0.3) is 0 Å². The Kier molecular flexibility index (Phi) is 2.76. The summed E-state index contributed by atoms with van der Waals surface area (Å²) in [5.74, 6) is 0.533. The number of rotatable bonds is 1. The van der Waals surface area contributed by atoms with Gasteiger partial charge in [0.05, 0.1) is 11.2 Å². The molecular weight excluding hydrogens is 222 g/mol. The highest BCUT2D eigenvalue weighted by molar-refractivity contribution is 5.36.